The molecule has 7 nitrogen and oxygen atoms in total. The van der Waals surface area contributed by atoms with Crippen molar-refractivity contribution in [2.45, 2.75) is 109 Å². The number of amides is 1. The zero-order valence-corrected chi connectivity index (χ0v) is 26.2. The number of fused-ring (bicyclic) bond motifs is 1. The summed E-state index contributed by atoms with van der Waals surface area (Å²) in [7, 11) is 3.60. The average molecular weight is 582 g/mol. The fourth-order valence-corrected chi connectivity index (χ4v) is 5.82. The molecule has 2 heterocycles. The van der Waals surface area contributed by atoms with Gasteiger partial charge in [-0.2, -0.15) is 4.79 Å². The summed E-state index contributed by atoms with van der Waals surface area (Å²) in [5.41, 5.74) is 2.22. The molecule has 1 aromatic heterocycles. The van der Waals surface area contributed by atoms with E-state index < -0.39 is 0 Å². The summed E-state index contributed by atoms with van der Waals surface area (Å²) in [6.07, 6.45) is 26.3. The van der Waals surface area contributed by atoms with Crippen molar-refractivity contribution in [3.05, 3.63) is 54.3 Å². The Morgan fingerprint density at radius 3 is 2.48 bits per heavy atom. The number of unbranched alkanes of at least 4 members (excludes halogenated alkanes) is 8. The van der Waals surface area contributed by atoms with Gasteiger partial charge in [-0.25, -0.2) is 4.48 Å². The third kappa shape index (κ3) is 10.6. The molecule has 3 rings (SSSR count). The lowest BCUT2D eigenvalue weighted by Crippen LogP contribution is -2.53. The van der Waals surface area contributed by atoms with Gasteiger partial charge in [0.1, 0.15) is 11.8 Å². The van der Waals surface area contributed by atoms with Crippen LogP contribution in [0.4, 0.5) is 4.79 Å². The summed E-state index contributed by atoms with van der Waals surface area (Å²) in [6, 6.07) is 6.09. The topological polar surface area (TPSA) is 77.6 Å². The Balaban J connectivity index is 1.26. The molecule has 0 aliphatic carbocycles. The molecule has 0 saturated carbocycles. The predicted octanol–water partition coefficient (Wildman–Crippen LogP) is 8.78. The number of hydrogen-bond donors (Lipinski definition) is 1. The first-order valence-corrected chi connectivity index (χ1v) is 16.1. The number of likely N-dealkylation sites (tertiary alicyclic amines) is 1. The molecule has 1 N–H and O–H groups in total. The molecule has 1 fully saturated rings. The second kappa shape index (κ2) is 18.5. The van der Waals surface area contributed by atoms with E-state index in [9.17, 15) is 9.59 Å². The quantitative estimate of drug-likeness (QED) is 0.0590. The number of carbonyl (C=O) groups is 2. The molecule has 7 heteroatoms. The van der Waals surface area contributed by atoms with Crippen molar-refractivity contribution >= 4 is 23.0 Å². The van der Waals surface area contributed by atoms with Crippen LogP contribution in [0, 0.1) is 0 Å². The Morgan fingerprint density at radius 2 is 1.71 bits per heavy atom. The molecule has 2 unspecified atom stereocenters. The summed E-state index contributed by atoms with van der Waals surface area (Å²) in [5, 5.41) is 1.11. The highest BCUT2D eigenvalue weighted by molar-refractivity contribution is 5.84. The molecule has 0 radical (unpaired) electrons. The minimum Gasteiger partial charge on any atom is -0.497 e. The second-order valence-corrected chi connectivity index (χ2v) is 11.7. The number of ether oxygens (including phenoxy) is 3. The normalized spacial score (nSPS) is 18.8. The molecular formula is C35H53N2O5+. The lowest BCUT2D eigenvalue weighted by atomic mass is 10.0. The summed E-state index contributed by atoms with van der Waals surface area (Å²) in [4.78, 5) is 28.6. The zero-order chi connectivity index (χ0) is 30.0. The smallest absolute Gasteiger partial charge is 0.497 e. The van der Waals surface area contributed by atoms with Crippen LogP contribution in [0.15, 0.2) is 48.7 Å². The van der Waals surface area contributed by atoms with E-state index in [0.717, 1.165) is 80.1 Å². The Morgan fingerprint density at radius 1 is 0.976 bits per heavy atom. The third-order valence-corrected chi connectivity index (χ3v) is 8.55. The maximum absolute atomic E-state index is 13.1. The van der Waals surface area contributed by atoms with Crippen molar-refractivity contribution in [2.75, 3.05) is 27.5 Å². The van der Waals surface area contributed by atoms with Gasteiger partial charge in [0.05, 0.1) is 20.7 Å². The van der Waals surface area contributed by atoms with Gasteiger partial charge in [-0.05, 0) is 62.3 Å². The number of nitrogens with zero attached hydrogens (tertiary/aromatic N) is 1. The van der Waals surface area contributed by atoms with Crippen molar-refractivity contribution in [3.63, 3.8) is 0 Å². The number of nitrogens with one attached hydrogen (secondary N) is 1. The van der Waals surface area contributed by atoms with Gasteiger partial charge in [-0.3, -0.25) is 4.79 Å². The van der Waals surface area contributed by atoms with E-state index in [4.69, 9.17) is 14.2 Å². The van der Waals surface area contributed by atoms with Crippen molar-refractivity contribution in [3.8, 4) is 5.75 Å². The van der Waals surface area contributed by atoms with Crippen molar-refractivity contribution < 1.29 is 28.3 Å². The summed E-state index contributed by atoms with van der Waals surface area (Å²) < 4.78 is 16.3. The van der Waals surface area contributed by atoms with E-state index in [1.807, 2.05) is 31.4 Å². The van der Waals surface area contributed by atoms with Crippen molar-refractivity contribution in [1.82, 2.24) is 4.98 Å². The number of benzene rings is 1. The molecule has 1 aliphatic heterocycles. The molecule has 1 aromatic carbocycles. The third-order valence-electron chi connectivity index (χ3n) is 8.55. The predicted molar refractivity (Wildman–Crippen MR) is 169 cm³/mol. The summed E-state index contributed by atoms with van der Waals surface area (Å²) in [6.45, 7) is 2.64. The maximum Gasteiger partial charge on any atom is 0.518 e. The van der Waals surface area contributed by atoms with Gasteiger partial charge in [0.2, 0.25) is 6.79 Å². The number of rotatable bonds is 19. The number of allylic oxidation sites excluding steroid dienone is 4. The molecular weight excluding hydrogens is 528 g/mol. The van der Waals surface area contributed by atoms with E-state index in [2.05, 4.69) is 36.2 Å². The van der Waals surface area contributed by atoms with Crippen LogP contribution >= 0.6 is 0 Å². The van der Waals surface area contributed by atoms with Crippen LogP contribution in [0.2, 0.25) is 0 Å². The van der Waals surface area contributed by atoms with E-state index in [1.165, 1.54) is 38.5 Å². The number of aromatic amines is 1. The largest absolute Gasteiger partial charge is 0.518 e. The maximum atomic E-state index is 13.1. The Hall–Kier alpha value is -3.06. The molecule has 2 atom stereocenters. The van der Waals surface area contributed by atoms with E-state index in [1.54, 1.807) is 7.11 Å². The number of esters is 1. The molecule has 1 aliphatic rings. The van der Waals surface area contributed by atoms with Crippen molar-refractivity contribution in [1.29, 1.82) is 0 Å². The van der Waals surface area contributed by atoms with Gasteiger partial charge in [0, 0.05) is 42.8 Å². The number of aromatic nitrogens is 1. The Kier molecular flexibility index (Phi) is 14.7. The van der Waals surface area contributed by atoms with Crippen LogP contribution in [0.1, 0.15) is 102 Å². The summed E-state index contributed by atoms with van der Waals surface area (Å²) >= 11 is 0. The first-order chi connectivity index (χ1) is 20.5. The molecule has 42 heavy (non-hydrogen) atoms. The number of H-pyrrole nitrogens is 1. The van der Waals surface area contributed by atoms with Crippen LogP contribution in [0.3, 0.4) is 0 Å². The standard InChI is InChI=1S/C35H53N2O5/c1-4-5-6-7-8-9-10-11-12-13-14-15-16-17-18-21-34(38)41-28-42-35(39)37(2)24-19-20-30(37)25-29-27-36-33-23-22-31(40-3)26-32(29)33/h8-9,11-12,22-23,26-27,30,36H,4-7,10,13-21,24-25,28H2,1-3H3/q+1/b9-8-,12-11-. The fourth-order valence-electron chi connectivity index (χ4n) is 5.82. The Bertz CT molecular complexity index is 1150. The minimum absolute atomic E-state index is 0.103. The van der Waals surface area contributed by atoms with E-state index in [-0.39, 0.29) is 29.4 Å². The zero-order valence-electron chi connectivity index (χ0n) is 26.2. The SMILES string of the molecule is CCCCC/C=C\C/C=C\CCCCCCCC(=O)OCOC(=O)[N+]1(C)CCCC1Cc1c[nH]c2ccc(OC)cc12. The summed E-state index contributed by atoms with van der Waals surface area (Å²) in [5.74, 6) is 0.509. The lowest BCUT2D eigenvalue weighted by molar-refractivity contribution is -0.850. The number of methoxy groups -OCH3 is 1. The number of quaternary nitrogens is 1. The number of hydrogen-bond acceptors (Lipinski definition) is 5. The van der Waals surface area contributed by atoms with Gasteiger partial charge in [0.25, 0.3) is 0 Å². The van der Waals surface area contributed by atoms with E-state index >= 15 is 0 Å². The molecule has 0 spiro atoms. The first kappa shape index (κ1) is 33.4. The van der Waals surface area contributed by atoms with Crippen molar-refractivity contribution in [2.24, 2.45) is 0 Å². The second-order valence-electron chi connectivity index (χ2n) is 11.7. The molecule has 232 valence electrons. The van der Waals surface area contributed by atoms with Crippen LogP contribution in [-0.4, -0.2) is 55.1 Å². The monoisotopic (exact) mass is 581 g/mol. The van der Waals surface area contributed by atoms with Crippen LogP contribution in [-0.2, 0) is 20.7 Å². The number of carbonyl (C=O) groups excluding carboxylic acids is 2. The van der Waals surface area contributed by atoms with Gasteiger partial charge in [0.15, 0.2) is 0 Å². The van der Waals surface area contributed by atoms with Gasteiger partial charge < -0.3 is 19.2 Å². The van der Waals surface area contributed by atoms with E-state index in [0.29, 0.717) is 6.42 Å². The molecule has 1 amide bonds. The number of likely N-dealkylation sites (N-methyl/N-ethyl adjacent to an activating group) is 1. The van der Waals surface area contributed by atoms with Gasteiger partial charge in [-0.15, -0.1) is 0 Å². The molecule has 0 bridgehead atoms. The fraction of sp³-hybridized carbons (Fsp3) is 0.600. The van der Waals surface area contributed by atoms with Gasteiger partial charge >= 0.3 is 12.1 Å². The van der Waals surface area contributed by atoms with Crippen LogP contribution < -0.4 is 4.74 Å². The highest BCUT2D eigenvalue weighted by atomic mass is 16.7. The van der Waals surface area contributed by atoms with Crippen LogP contribution in [0.5, 0.6) is 5.75 Å². The highest BCUT2D eigenvalue weighted by Gasteiger charge is 2.46. The lowest BCUT2D eigenvalue weighted by Gasteiger charge is -2.31. The minimum atomic E-state index is -0.334. The average Bonchev–Trinajstić information content (AvgIpc) is 3.58. The Labute approximate surface area is 252 Å². The molecule has 1 saturated heterocycles. The first-order valence-electron chi connectivity index (χ1n) is 16.1. The van der Waals surface area contributed by atoms with Crippen LogP contribution in [0.25, 0.3) is 10.9 Å². The molecule has 2 aromatic rings. The highest BCUT2D eigenvalue weighted by Crippen LogP contribution is 2.32. The van der Waals surface area contributed by atoms with Gasteiger partial charge in [-0.1, -0.05) is 63.3 Å².